The summed E-state index contributed by atoms with van der Waals surface area (Å²) in [4.78, 5) is 0.464. The molecule has 0 amide bonds. The fourth-order valence-electron chi connectivity index (χ4n) is 1.25. The highest BCUT2D eigenvalue weighted by atomic mass is 32.2. The van der Waals surface area contributed by atoms with Gasteiger partial charge in [0, 0.05) is 0 Å². The molecule has 0 aliphatic carbocycles. The number of thioether (sulfide) groups is 1. The Morgan fingerprint density at radius 2 is 2.20 bits per heavy atom. The standard InChI is InChI=1S/C11H15FO2S/c1-3-6-14-9-5-4-8(7-13)11(15-2)10(9)12/h4-5,13H,3,6-7H2,1-2H3. The summed E-state index contributed by atoms with van der Waals surface area (Å²) >= 11 is 1.28. The van der Waals surface area contributed by atoms with Crippen molar-refractivity contribution in [2.45, 2.75) is 24.8 Å². The lowest BCUT2D eigenvalue weighted by molar-refractivity contribution is 0.273. The minimum atomic E-state index is -0.373. The highest BCUT2D eigenvalue weighted by Gasteiger charge is 2.12. The molecule has 0 heterocycles. The van der Waals surface area contributed by atoms with E-state index in [2.05, 4.69) is 0 Å². The first-order valence-electron chi connectivity index (χ1n) is 4.83. The molecular formula is C11H15FO2S. The SMILES string of the molecule is CCCOc1ccc(CO)c(SC)c1F. The molecule has 0 saturated carbocycles. The largest absolute Gasteiger partial charge is 0.490 e. The molecule has 2 nitrogen and oxygen atoms in total. The van der Waals surface area contributed by atoms with Crippen molar-refractivity contribution >= 4 is 11.8 Å². The van der Waals surface area contributed by atoms with E-state index in [9.17, 15) is 4.39 Å². The van der Waals surface area contributed by atoms with Crippen molar-refractivity contribution in [3.63, 3.8) is 0 Å². The van der Waals surface area contributed by atoms with E-state index in [-0.39, 0.29) is 18.2 Å². The highest BCUT2D eigenvalue weighted by molar-refractivity contribution is 7.98. The third-order valence-electron chi connectivity index (χ3n) is 1.98. The summed E-state index contributed by atoms with van der Waals surface area (Å²) in [5, 5.41) is 9.02. The van der Waals surface area contributed by atoms with Crippen LogP contribution in [0.3, 0.4) is 0 Å². The summed E-state index contributed by atoms with van der Waals surface area (Å²) in [6.45, 7) is 2.32. The van der Waals surface area contributed by atoms with Crippen LogP contribution in [0.4, 0.5) is 4.39 Å². The van der Waals surface area contributed by atoms with Crippen molar-refractivity contribution in [3.05, 3.63) is 23.5 Å². The van der Waals surface area contributed by atoms with Gasteiger partial charge in [0.15, 0.2) is 11.6 Å². The summed E-state index contributed by atoms with van der Waals surface area (Å²) in [7, 11) is 0. The molecule has 0 radical (unpaired) electrons. The fourth-order valence-corrected chi connectivity index (χ4v) is 1.92. The minimum absolute atomic E-state index is 0.152. The summed E-state index contributed by atoms with van der Waals surface area (Å²) in [6.07, 6.45) is 2.62. The van der Waals surface area contributed by atoms with Crippen molar-refractivity contribution in [1.29, 1.82) is 0 Å². The lowest BCUT2D eigenvalue weighted by Gasteiger charge is -2.11. The Morgan fingerprint density at radius 1 is 1.47 bits per heavy atom. The molecule has 0 atom stereocenters. The number of aliphatic hydroxyl groups is 1. The highest BCUT2D eigenvalue weighted by Crippen LogP contribution is 2.30. The van der Waals surface area contributed by atoms with Gasteiger partial charge in [0.05, 0.1) is 18.1 Å². The normalized spacial score (nSPS) is 10.4. The Bertz CT molecular complexity index is 329. The van der Waals surface area contributed by atoms with Crippen molar-refractivity contribution in [2.24, 2.45) is 0 Å². The molecule has 0 bridgehead atoms. The second kappa shape index (κ2) is 5.98. The van der Waals surface area contributed by atoms with Crippen LogP contribution in [-0.4, -0.2) is 18.0 Å². The number of rotatable bonds is 5. The van der Waals surface area contributed by atoms with Gasteiger partial charge in [0.25, 0.3) is 0 Å². The molecule has 0 unspecified atom stereocenters. The van der Waals surface area contributed by atoms with Crippen LogP contribution in [0.15, 0.2) is 17.0 Å². The van der Waals surface area contributed by atoms with E-state index in [0.29, 0.717) is 17.1 Å². The quantitative estimate of drug-likeness (QED) is 0.789. The molecule has 1 rings (SSSR count). The van der Waals surface area contributed by atoms with Gasteiger partial charge < -0.3 is 9.84 Å². The Hall–Kier alpha value is -0.740. The number of hydrogen-bond donors (Lipinski definition) is 1. The monoisotopic (exact) mass is 230 g/mol. The van der Waals surface area contributed by atoms with E-state index < -0.39 is 0 Å². The summed E-state index contributed by atoms with van der Waals surface area (Å²) in [6, 6.07) is 3.26. The van der Waals surface area contributed by atoms with Crippen LogP contribution in [0.5, 0.6) is 5.75 Å². The van der Waals surface area contributed by atoms with Gasteiger partial charge in [0.2, 0.25) is 0 Å². The van der Waals surface area contributed by atoms with Crippen LogP contribution in [0.25, 0.3) is 0 Å². The van der Waals surface area contributed by atoms with Gasteiger partial charge in [-0.3, -0.25) is 0 Å². The van der Waals surface area contributed by atoms with E-state index in [1.807, 2.05) is 6.92 Å². The molecule has 0 fully saturated rings. The molecule has 84 valence electrons. The van der Waals surface area contributed by atoms with Crippen molar-refractivity contribution < 1.29 is 14.2 Å². The molecule has 0 saturated heterocycles. The smallest absolute Gasteiger partial charge is 0.178 e. The lowest BCUT2D eigenvalue weighted by Crippen LogP contribution is -2.00. The average Bonchev–Trinajstić information content (AvgIpc) is 2.27. The molecule has 0 spiro atoms. The molecule has 4 heteroatoms. The van der Waals surface area contributed by atoms with Crippen molar-refractivity contribution in [3.8, 4) is 5.75 Å². The molecule has 0 aromatic heterocycles. The molecular weight excluding hydrogens is 215 g/mol. The predicted octanol–water partition coefficient (Wildman–Crippen LogP) is 2.83. The average molecular weight is 230 g/mol. The van der Waals surface area contributed by atoms with Crippen molar-refractivity contribution in [1.82, 2.24) is 0 Å². The first-order chi connectivity index (χ1) is 7.24. The fraction of sp³-hybridized carbons (Fsp3) is 0.455. The summed E-state index contributed by atoms with van der Waals surface area (Å²) in [5.41, 5.74) is 0.601. The van der Waals surface area contributed by atoms with E-state index in [1.54, 1.807) is 18.4 Å². The second-order valence-electron chi connectivity index (χ2n) is 3.08. The second-order valence-corrected chi connectivity index (χ2v) is 3.89. The molecule has 1 aromatic rings. The minimum Gasteiger partial charge on any atom is -0.490 e. The first-order valence-corrected chi connectivity index (χ1v) is 6.06. The number of ether oxygens (including phenoxy) is 1. The maximum Gasteiger partial charge on any atom is 0.178 e. The van der Waals surface area contributed by atoms with Gasteiger partial charge in [-0.05, 0) is 24.3 Å². The van der Waals surface area contributed by atoms with E-state index in [4.69, 9.17) is 9.84 Å². The van der Waals surface area contributed by atoms with E-state index in [1.165, 1.54) is 11.8 Å². The van der Waals surface area contributed by atoms with Gasteiger partial charge in [-0.15, -0.1) is 11.8 Å². The molecule has 0 aliphatic heterocycles. The number of aliphatic hydroxyl groups excluding tert-OH is 1. The number of benzene rings is 1. The Morgan fingerprint density at radius 3 is 2.73 bits per heavy atom. The van der Waals surface area contributed by atoms with Crippen LogP contribution in [0.2, 0.25) is 0 Å². The molecule has 1 aromatic carbocycles. The zero-order valence-electron chi connectivity index (χ0n) is 8.92. The topological polar surface area (TPSA) is 29.5 Å². The summed E-state index contributed by atoms with van der Waals surface area (Å²) < 4.78 is 19.0. The predicted molar refractivity (Wildman–Crippen MR) is 59.9 cm³/mol. The van der Waals surface area contributed by atoms with Gasteiger partial charge in [-0.1, -0.05) is 13.0 Å². The number of halogens is 1. The molecule has 1 N–H and O–H groups in total. The molecule has 15 heavy (non-hydrogen) atoms. The van der Waals surface area contributed by atoms with Gasteiger partial charge in [-0.25, -0.2) is 4.39 Å². The van der Waals surface area contributed by atoms with Gasteiger partial charge in [0.1, 0.15) is 0 Å². The number of hydrogen-bond acceptors (Lipinski definition) is 3. The van der Waals surface area contributed by atoms with Crippen LogP contribution < -0.4 is 4.74 Å². The van der Waals surface area contributed by atoms with Crippen LogP contribution in [0, 0.1) is 5.82 Å². The van der Waals surface area contributed by atoms with Crippen LogP contribution in [-0.2, 0) is 6.61 Å². The third kappa shape index (κ3) is 2.86. The Labute approximate surface area is 93.5 Å². The van der Waals surface area contributed by atoms with Crippen LogP contribution >= 0.6 is 11.8 Å². The first kappa shape index (κ1) is 12.3. The third-order valence-corrected chi connectivity index (χ3v) is 2.83. The summed E-state index contributed by atoms with van der Waals surface area (Å²) in [5.74, 6) is -0.110. The zero-order chi connectivity index (χ0) is 11.3. The van der Waals surface area contributed by atoms with Crippen LogP contribution in [0.1, 0.15) is 18.9 Å². The Kier molecular flexibility index (Phi) is 4.91. The van der Waals surface area contributed by atoms with Crippen molar-refractivity contribution in [2.75, 3.05) is 12.9 Å². The maximum absolute atomic E-state index is 13.8. The zero-order valence-corrected chi connectivity index (χ0v) is 9.73. The maximum atomic E-state index is 13.8. The lowest BCUT2D eigenvalue weighted by atomic mass is 10.2. The Balaban J connectivity index is 3.00. The van der Waals surface area contributed by atoms with Gasteiger partial charge >= 0.3 is 0 Å². The molecule has 0 aliphatic rings. The van der Waals surface area contributed by atoms with E-state index >= 15 is 0 Å². The van der Waals surface area contributed by atoms with Gasteiger partial charge in [-0.2, -0.15) is 0 Å². The van der Waals surface area contributed by atoms with E-state index in [0.717, 1.165) is 6.42 Å².